The zero-order valence-corrected chi connectivity index (χ0v) is 19.7. The molecule has 34 heavy (non-hydrogen) atoms. The molecular formula is C28H34N2O4. The number of hydrogen-bond donors (Lipinski definition) is 3. The molecule has 1 aliphatic heterocycles. The summed E-state index contributed by atoms with van der Waals surface area (Å²) in [7, 11) is 1.78. The Morgan fingerprint density at radius 3 is 2.68 bits per heavy atom. The van der Waals surface area contributed by atoms with Crippen LogP contribution >= 0.6 is 0 Å². The predicted octanol–water partition coefficient (Wildman–Crippen LogP) is 3.99. The van der Waals surface area contributed by atoms with E-state index in [0.29, 0.717) is 0 Å². The van der Waals surface area contributed by atoms with E-state index >= 15 is 0 Å². The number of benzene rings is 2. The number of phenolic OH excluding ortho intramolecular Hbond substituents is 2. The van der Waals surface area contributed by atoms with Crippen LogP contribution in [0.3, 0.4) is 0 Å². The van der Waals surface area contributed by atoms with Crippen molar-refractivity contribution >= 4 is 12.0 Å². The second-order valence-corrected chi connectivity index (χ2v) is 9.48. The molecule has 2 fully saturated rings. The fourth-order valence-corrected chi connectivity index (χ4v) is 5.91. The van der Waals surface area contributed by atoms with Crippen LogP contribution < -0.4 is 5.32 Å². The third kappa shape index (κ3) is 4.74. The van der Waals surface area contributed by atoms with Crippen LogP contribution in [0.5, 0.6) is 11.5 Å². The number of fused-ring (bicyclic) bond motifs is 1. The number of carbonyl (C=O) groups is 1. The van der Waals surface area contributed by atoms with Crippen molar-refractivity contribution < 1.29 is 19.7 Å². The van der Waals surface area contributed by atoms with Crippen LogP contribution in [0.25, 0.3) is 6.08 Å². The number of piperidine rings is 1. The minimum absolute atomic E-state index is 0.0158. The van der Waals surface area contributed by atoms with Gasteiger partial charge in [-0.05, 0) is 73.7 Å². The number of amides is 1. The van der Waals surface area contributed by atoms with E-state index in [2.05, 4.69) is 22.9 Å². The van der Waals surface area contributed by atoms with Gasteiger partial charge >= 0.3 is 0 Å². The molecule has 3 atom stereocenters. The largest absolute Gasteiger partial charge is 0.508 e. The molecule has 1 saturated heterocycles. The Bertz CT molecular complexity index is 1070. The first-order valence-corrected chi connectivity index (χ1v) is 11.9. The van der Waals surface area contributed by atoms with Crippen molar-refractivity contribution in [2.24, 2.45) is 0 Å². The average molecular weight is 463 g/mol. The monoisotopic (exact) mass is 462 g/mol. The zero-order valence-electron chi connectivity index (χ0n) is 19.7. The molecule has 180 valence electrons. The third-order valence-electron chi connectivity index (χ3n) is 7.52. The van der Waals surface area contributed by atoms with Gasteiger partial charge in [0.05, 0.1) is 5.60 Å². The summed E-state index contributed by atoms with van der Waals surface area (Å²) in [4.78, 5) is 15.1. The highest BCUT2D eigenvalue weighted by Gasteiger charge is 2.58. The molecule has 0 bridgehead atoms. The van der Waals surface area contributed by atoms with Crippen LogP contribution in [0.4, 0.5) is 0 Å². The van der Waals surface area contributed by atoms with Gasteiger partial charge in [0, 0.05) is 37.7 Å². The molecule has 1 aliphatic carbocycles. The summed E-state index contributed by atoms with van der Waals surface area (Å²) in [5.74, 6) is 0.251. The number of carbonyl (C=O) groups excluding carboxylic acids is 1. The van der Waals surface area contributed by atoms with Gasteiger partial charge in [0.2, 0.25) is 5.91 Å². The van der Waals surface area contributed by atoms with Gasteiger partial charge in [0.25, 0.3) is 0 Å². The number of ether oxygens (including phenoxy) is 1. The lowest BCUT2D eigenvalue weighted by atomic mass is 9.55. The highest BCUT2D eigenvalue weighted by molar-refractivity contribution is 5.92. The van der Waals surface area contributed by atoms with E-state index in [1.165, 1.54) is 6.08 Å². The topological polar surface area (TPSA) is 82.0 Å². The van der Waals surface area contributed by atoms with E-state index < -0.39 is 5.60 Å². The van der Waals surface area contributed by atoms with E-state index in [4.69, 9.17) is 4.74 Å². The number of nitrogens with one attached hydrogen (secondary N) is 1. The van der Waals surface area contributed by atoms with Crippen molar-refractivity contribution in [3.63, 3.8) is 0 Å². The summed E-state index contributed by atoms with van der Waals surface area (Å²) in [5, 5.41) is 23.1. The maximum Gasteiger partial charge on any atom is 0.244 e. The minimum atomic E-state index is -0.416. The third-order valence-corrected chi connectivity index (χ3v) is 7.52. The molecule has 2 aromatic rings. The number of hydrogen-bond acceptors (Lipinski definition) is 5. The van der Waals surface area contributed by atoms with Gasteiger partial charge in [-0.25, -0.2) is 0 Å². The molecule has 3 N–H and O–H groups in total. The van der Waals surface area contributed by atoms with E-state index in [-0.39, 0.29) is 28.9 Å². The van der Waals surface area contributed by atoms with Gasteiger partial charge in [-0.15, -0.1) is 6.58 Å². The minimum Gasteiger partial charge on any atom is -0.508 e. The quantitative estimate of drug-likeness (QED) is 0.428. The van der Waals surface area contributed by atoms with E-state index in [9.17, 15) is 15.0 Å². The molecule has 1 amide bonds. The van der Waals surface area contributed by atoms with Crippen molar-refractivity contribution in [1.82, 2.24) is 10.2 Å². The second-order valence-electron chi connectivity index (χ2n) is 9.48. The van der Waals surface area contributed by atoms with Gasteiger partial charge in [-0.3, -0.25) is 9.69 Å². The maximum absolute atomic E-state index is 12.8. The molecular weight excluding hydrogens is 428 g/mol. The SMILES string of the molecule is C=CCN1CC[C@@]2(c3cccc(O)c3)C[C@@H](NC(=O)C=Cc3cccc(O)c3)CC[C@]2(OC)C1. The van der Waals surface area contributed by atoms with Gasteiger partial charge in [-0.1, -0.05) is 30.3 Å². The first-order chi connectivity index (χ1) is 16.4. The Morgan fingerprint density at radius 2 is 1.97 bits per heavy atom. The Morgan fingerprint density at radius 1 is 1.21 bits per heavy atom. The molecule has 1 saturated carbocycles. The summed E-state index contributed by atoms with van der Waals surface area (Å²) >= 11 is 0. The first-order valence-electron chi connectivity index (χ1n) is 11.9. The molecule has 0 aromatic heterocycles. The Balaban J connectivity index is 1.58. The maximum atomic E-state index is 12.8. The fraction of sp³-hybridized carbons (Fsp3) is 0.393. The average Bonchev–Trinajstić information content (AvgIpc) is 2.83. The number of methoxy groups -OCH3 is 1. The first kappa shape index (κ1) is 24.0. The van der Waals surface area contributed by atoms with Gasteiger partial charge < -0.3 is 20.3 Å². The van der Waals surface area contributed by atoms with Crippen LogP contribution in [-0.2, 0) is 14.9 Å². The standard InChI is InChI=1S/C28H34N2O4/c1-3-15-30-16-14-27(22-7-5-9-25(32)18-22)19-23(12-13-28(27,20-30)34-2)29-26(33)11-10-21-6-4-8-24(31)17-21/h3-11,17-18,23,31-32H,1,12-16,19-20H2,2H3,(H,29,33)/t23-,27-,28-/m0/s1. The van der Waals surface area contributed by atoms with E-state index in [1.54, 1.807) is 37.5 Å². The summed E-state index contributed by atoms with van der Waals surface area (Å²) in [6.45, 7) is 6.38. The van der Waals surface area contributed by atoms with Gasteiger partial charge in [0.1, 0.15) is 11.5 Å². The zero-order chi connectivity index (χ0) is 24.2. The number of nitrogens with zero attached hydrogens (tertiary/aromatic N) is 1. The Hall–Kier alpha value is -3.09. The molecule has 6 nitrogen and oxygen atoms in total. The predicted molar refractivity (Wildman–Crippen MR) is 134 cm³/mol. The molecule has 0 radical (unpaired) electrons. The van der Waals surface area contributed by atoms with Crippen molar-refractivity contribution in [2.45, 2.75) is 42.7 Å². The fourth-order valence-electron chi connectivity index (χ4n) is 5.91. The van der Waals surface area contributed by atoms with Crippen LogP contribution in [-0.4, -0.2) is 59.4 Å². The molecule has 2 aromatic carbocycles. The Labute approximate surface area is 201 Å². The lowest BCUT2D eigenvalue weighted by molar-refractivity contribution is -0.148. The molecule has 2 aliphatic rings. The van der Waals surface area contributed by atoms with Crippen molar-refractivity contribution in [1.29, 1.82) is 0 Å². The summed E-state index contributed by atoms with van der Waals surface area (Å²) in [5.41, 5.74) is 1.08. The van der Waals surface area contributed by atoms with Crippen molar-refractivity contribution in [2.75, 3.05) is 26.7 Å². The number of likely N-dealkylation sites (tertiary alicyclic amines) is 1. The lowest BCUT2D eigenvalue weighted by Crippen LogP contribution is -2.67. The Kier molecular flexibility index (Phi) is 7.10. The highest BCUT2D eigenvalue weighted by Crippen LogP contribution is 2.53. The molecule has 4 rings (SSSR count). The molecule has 1 heterocycles. The smallest absolute Gasteiger partial charge is 0.244 e. The molecule has 0 unspecified atom stereocenters. The van der Waals surface area contributed by atoms with Crippen LogP contribution in [0.1, 0.15) is 36.8 Å². The van der Waals surface area contributed by atoms with E-state index in [1.807, 2.05) is 24.3 Å². The summed E-state index contributed by atoms with van der Waals surface area (Å²) < 4.78 is 6.32. The lowest BCUT2D eigenvalue weighted by Gasteiger charge is -2.59. The van der Waals surface area contributed by atoms with Crippen LogP contribution in [0.15, 0.2) is 67.3 Å². The number of aromatic hydroxyl groups is 2. The van der Waals surface area contributed by atoms with Crippen molar-refractivity contribution in [3.05, 3.63) is 78.4 Å². The highest BCUT2D eigenvalue weighted by atomic mass is 16.5. The number of phenols is 2. The molecule has 0 spiro atoms. The van der Waals surface area contributed by atoms with E-state index in [0.717, 1.165) is 56.4 Å². The van der Waals surface area contributed by atoms with Crippen molar-refractivity contribution in [3.8, 4) is 11.5 Å². The number of rotatable bonds is 7. The van der Waals surface area contributed by atoms with Gasteiger partial charge in [0.15, 0.2) is 0 Å². The summed E-state index contributed by atoms with van der Waals surface area (Å²) in [6, 6.07) is 14.3. The van der Waals surface area contributed by atoms with Gasteiger partial charge in [-0.2, -0.15) is 0 Å². The summed E-state index contributed by atoms with van der Waals surface area (Å²) in [6.07, 6.45) is 8.35. The molecule has 6 heteroatoms. The van der Waals surface area contributed by atoms with Crippen LogP contribution in [0.2, 0.25) is 0 Å². The van der Waals surface area contributed by atoms with Crippen LogP contribution in [0, 0.1) is 0 Å². The normalized spacial score (nSPS) is 27.3. The second kappa shape index (κ2) is 10.0.